The first-order valence-electron chi connectivity index (χ1n) is 4.06. The standard InChI is InChI=1S/C10H5Cl2NO2.H3N/c11-7-5-3-1-2-4-6(5)13-9(8(7)12)10(14)15;/h1-4H,(H,14,15);1H3. The van der Waals surface area contributed by atoms with Crippen molar-refractivity contribution in [1.82, 2.24) is 11.1 Å². The summed E-state index contributed by atoms with van der Waals surface area (Å²) in [5.74, 6) is -1.44. The smallest absolute Gasteiger partial charge is 0.107 e. The fraction of sp³-hybridized carbons (Fsp3) is 0. The Hall–Kier alpha value is -1.36. The minimum absolute atomic E-state index is 0. The van der Waals surface area contributed by atoms with Crippen molar-refractivity contribution in [2.24, 2.45) is 0 Å². The molecule has 1 heterocycles. The van der Waals surface area contributed by atoms with Crippen LogP contribution in [-0.4, -0.2) is 11.0 Å². The third-order valence-corrected chi connectivity index (χ3v) is 2.82. The number of hydrogen-bond donors (Lipinski definition) is 1. The quantitative estimate of drug-likeness (QED) is 0.851. The van der Waals surface area contributed by atoms with Crippen molar-refractivity contribution in [3.63, 3.8) is 0 Å². The second kappa shape index (κ2) is 4.65. The number of pyridine rings is 1. The number of carboxylic acid groups (broad SMARTS) is 1. The number of para-hydroxylation sites is 1. The maximum absolute atomic E-state index is 10.7. The molecule has 1 aromatic carbocycles. The van der Waals surface area contributed by atoms with Gasteiger partial charge in [-0.05, 0) is 6.07 Å². The third-order valence-electron chi connectivity index (χ3n) is 1.97. The van der Waals surface area contributed by atoms with Gasteiger partial charge in [-0.1, -0.05) is 41.4 Å². The Labute approximate surface area is 101 Å². The normalized spacial score (nSPS) is 9.88. The fourth-order valence-electron chi connectivity index (χ4n) is 1.28. The lowest BCUT2D eigenvalue weighted by Crippen LogP contribution is -2.24. The molecule has 2 aromatic rings. The highest BCUT2D eigenvalue weighted by atomic mass is 35.5. The van der Waals surface area contributed by atoms with Gasteiger partial charge in [-0.2, -0.15) is 0 Å². The Morgan fingerprint density at radius 3 is 2.44 bits per heavy atom. The first-order valence-corrected chi connectivity index (χ1v) is 4.82. The van der Waals surface area contributed by atoms with E-state index in [2.05, 4.69) is 4.98 Å². The molecule has 84 valence electrons. The molecule has 0 spiro atoms. The predicted octanol–water partition coefficient (Wildman–Crippen LogP) is 2.28. The average Bonchev–Trinajstić information content (AvgIpc) is 2.23. The van der Waals surface area contributed by atoms with Gasteiger partial charge in [-0.15, -0.1) is 0 Å². The second-order valence-corrected chi connectivity index (χ2v) is 3.65. The topological polar surface area (TPSA) is 89.5 Å². The van der Waals surface area contributed by atoms with Gasteiger partial charge in [-0.3, -0.25) is 0 Å². The molecule has 0 aliphatic carbocycles. The Bertz CT molecular complexity index is 558. The van der Waals surface area contributed by atoms with Crippen LogP contribution < -0.4 is 11.3 Å². The molecule has 0 radical (unpaired) electrons. The number of aromatic nitrogens is 1. The fourth-order valence-corrected chi connectivity index (χ4v) is 1.75. The van der Waals surface area contributed by atoms with E-state index in [4.69, 9.17) is 23.2 Å². The van der Waals surface area contributed by atoms with Crippen LogP contribution >= 0.6 is 23.2 Å². The Morgan fingerprint density at radius 2 is 1.81 bits per heavy atom. The summed E-state index contributed by atoms with van der Waals surface area (Å²) in [5.41, 5.74) is 0.145. The number of benzene rings is 1. The van der Waals surface area contributed by atoms with Gasteiger partial charge in [0.25, 0.3) is 0 Å². The molecule has 4 N–H and O–H groups in total. The Balaban J connectivity index is 0.00000128. The second-order valence-electron chi connectivity index (χ2n) is 2.89. The van der Waals surface area contributed by atoms with Crippen molar-refractivity contribution >= 4 is 40.1 Å². The monoisotopic (exact) mass is 258 g/mol. The summed E-state index contributed by atoms with van der Waals surface area (Å²) in [7, 11) is 0. The molecule has 0 amide bonds. The molecule has 0 saturated heterocycles. The first kappa shape index (κ1) is 12.7. The number of nitrogens with zero attached hydrogens (tertiary/aromatic N) is 1. The van der Waals surface area contributed by atoms with E-state index < -0.39 is 5.97 Å². The van der Waals surface area contributed by atoms with E-state index in [1.54, 1.807) is 24.3 Å². The molecule has 0 saturated carbocycles. The van der Waals surface area contributed by atoms with Gasteiger partial charge in [0.2, 0.25) is 0 Å². The molecular weight excluding hydrogens is 251 g/mol. The number of carboxylic acids is 1. The van der Waals surface area contributed by atoms with Crippen LogP contribution in [0.4, 0.5) is 0 Å². The van der Waals surface area contributed by atoms with Crippen molar-refractivity contribution in [2.75, 3.05) is 0 Å². The minimum atomic E-state index is -1.44. The summed E-state index contributed by atoms with van der Waals surface area (Å²) >= 11 is 11.7. The van der Waals surface area contributed by atoms with Crippen LogP contribution in [0.3, 0.4) is 0 Å². The maximum Gasteiger partial charge on any atom is 0.107 e. The van der Waals surface area contributed by atoms with E-state index in [0.29, 0.717) is 10.9 Å². The van der Waals surface area contributed by atoms with Crippen LogP contribution in [-0.2, 0) is 0 Å². The van der Waals surface area contributed by atoms with E-state index in [1.165, 1.54) is 0 Å². The number of halogens is 2. The number of carbonyl (C=O) groups excluding carboxylic acids is 1. The molecule has 2 rings (SSSR count). The summed E-state index contributed by atoms with van der Waals surface area (Å²) in [6.45, 7) is 0. The molecule has 0 aliphatic rings. The number of fused-ring (bicyclic) bond motifs is 1. The third kappa shape index (κ3) is 1.95. The largest absolute Gasteiger partial charge is 0.543 e. The summed E-state index contributed by atoms with van der Waals surface area (Å²) in [6.07, 6.45) is 0. The minimum Gasteiger partial charge on any atom is -0.543 e. The predicted molar refractivity (Wildman–Crippen MR) is 62.1 cm³/mol. The van der Waals surface area contributed by atoms with Crippen molar-refractivity contribution in [2.45, 2.75) is 0 Å². The average molecular weight is 259 g/mol. The Kier molecular flexibility index (Phi) is 3.70. The van der Waals surface area contributed by atoms with Crippen LogP contribution in [0.5, 0.6) is 0 Å². The molecular formula is C10H8Cl2N2O2. The van der Waals surface area contributed by atoms with Gasteiger partial charge >= 0.3 is 0 Å². The van der Waals surface area contributed by atoms with E-state index in [1.807, 2.05) is 0 Å². The van der Waals surface area contributed by atoms with Gasteiger partial charge in [0.05, 0.1) is 21.5 Å². The van der Waals surface area contributed by atoms with E-state index in [9.17, 15) is 9.90 Å². The lowest BCUT2D eigenvalue weighted by molar-refractivity contribution is -0.255. The molecule has 0 aliphatic heterocycles. The van der Waals surface area contributed by atoms with E-state index in [0.717, 1.165) is 0 Å². The maximum atomic E-state index is 10.7. The molecule has 0 atom stereocenters. The van der Waals surface area contributed by atoms with Crippen LogP contribution in [0.15, 0.2) is 24.3 Å². The van der Waals surface area contributed by atoms with Gasteiger partial charge < -0.3 is 16.1 Å². The zero-order chi connectivity index (χ0) is 11.0. The van der Waals surface area contributed by atoms with Gasteiger partial charge in [-0.25, -0.2) is 4.98 Å². The van der Waals surface area contributed by atoms with E-state index >= 15 is 0 Å². The molecule has 16 heavy (non-hydrogen) atoms. The Morgan fingerprint density at radius 1 is 1.19 bits per heavy atom. The summed E-state index contributed by atoms with van der Waals surface area (Å²) in [5, 5.41) is 11.4. The number of carbonyl (C=O) groups is 1. The zero-order valence-corrected chi connectivity index (χ0v) is 9.84. The first-order chi connectivity index (χ1) is 7.11. The number of rotatable bonds is 1. The number of quaternary nitrogens is 1. The molecule has 0 fully saturated rings. The van der Waals surface area contributed by atoms with Crippen LogP contribution in [0.1, 0.15) is 10.5 Å². The number of hydrogen-bond acceptors (Lipinski definition) is 3. The summed E-state index contributed by atoms with van der Waals surface area (Å²) < 4.78 is 0. The lowest BCUT2D eigenvalue weighted by Gasteiger charge is -2.08. The van der Waals surface area contributed by atoms with Crippen molar-refractivity contribution < 1.29 is 9.90 Å². The van der Waals surface area contributed by atoms with Crippen LogP contribution in [0, 0.1) is 0 Å². The van der Waals surface area contributed by atoms with Gasteiger partial charge in [0, 0.05) is 5.39 Å². The zero-order valence-electron chi connectivity index (χ0n) is 8.33. The van der Waals surface area contributed by atoms with Crippen molar-refractivity contribution in [3.8, 4) is 0 Å². The highest BCUT2D eigenvalue weighted by Crippen LogP contribution is 2.31. The highest BCUT2D eigenvalue weighted by Gasteiger charge is 2.11. The molecule has 1 aromatic heterocycles. The highest BCUT2D eigenvalue weighted by molar-refractivity contribution is 6.46. The summed E-state index contributed by atoms with van der Waals surface area (Å²) in [4.78, 5) is 14.6. The molecule has 0 bridgehead atoms. The summed E-state index contributed by atoms with van der Waals surface area (Å²) in [6, 6.07) is 6.88. The molecule has 4 nitrogen and oxygen atoms in total. The van der Waals surface area contributed by atoms with Crippen molar-refractivity contribution in [1.29, 1.82) is 0 Å². The van der Waals surface area contributed by atoms with Crippen LogP contribution in [0.2, 0.25) is 10.0 Å². The van der Waals surface area contributed by atoms with E-state index in [-0.39, 0.29) is 21.9 Å². The van der Waals surface area contributed by atoms with Crippen molar-refractivity contribution in [3.05, 3.63) is 40.0 Å². The van der Waals surface area contributed by atoms with Gasteiger partial charge in [0.1, 0.15) is 5.69 Å². The van der Waals surface area contributed by atoms with Gasteiger partial charge in [0.15, 0.2) is 0 Å². The lowest BCUT2D eigenvalue weighted by atomic mass is 10.2. The number of aromatic carboxylic acids is 1. The van der Waals surface area contributed by atoms with Crippen LogP contribution in [0.25, 0.3) is 10.9 Å². The molecule has 6 heteroatoms. The molecule has 0 unspecified atom stereocenters. The SMILES string of the molecule is O=C([O-])c1nc2ccccc2c(Cl)c1Cl.[NH4+].